The zero-order chi connectivity index (χ0) is 13.7. The van der Waals surface area contributed by atoms with Crippen molar-refractivity contribution in [3.8, 4) is 0 Å². The number of carbonyl (C=O) groups is 1. The molecule has 0 aromatic carbocycles. The van der Waals surface area contributed by atoms with Crippen LogP contribution in [0, 0.1) is 0 Å². The Balaban J connectivity index is 2.94. The Hall–Kier alpha value is -1.56. The van der Waals surface area contributed by atoms with Crippen molar-refractivity contribution in [1.82, 2.24) is 15.1 Å². The van der Waals surface area contributed by atoms with Gasteiger partial charge in [0.1, 0.15) is 0 Å². The Bertz CT molecular complexity index is 395. The minimum atomic E-state index is -0.230. The summed E-state index contributed by atoms with van der Waals surface area (Å²) < 4.78 is 0. The molecule has 0 saturated carbocycles. The molecule has 0 aliphatic heterocycles. The zero-order valence-corrected chi connectivity index (χ0v) is 11.2. The number of rotatable bonds is 6. The second kappa shape index (κ2) is 6.39. The van der Waals surface area contributed by atoms with Gasteiger partial charge in [0.15, 0.2) is 5.69 Å². The Morgan fingerprint density at radius 3 is 2.61 bits per heavy atom. The SMILES string of the molecule is CCCN(CCO)C(=O)c1n[nH]c(C(C)C)c1N. The predicted molar refractivity (Wildman–Crippen MR) is 70.4 cm³/mol. The highest BCUT2D eigenvalue weighted by Gasteiger charge is 2.23. The molecule has 0 radical (unpaired) electrons. The molecular weight excluding hydrogens is 232 g/mol. The lowest BCUT2D eigenvalue weighted by Gasteiger charge is -2.20. The number of aromatic amines is 1. The molecule has 1 heterocycles. The highest BCUT2D eigenvalue weighted by Crippen LogP contribution is 2.23. The van der Waals surface area contributed by atoms with Gasteiger partial charge in [-0.25, -0.2) is 0 Å². The summed E-state index contributed by atoms with van der Waals surface area (Å²) in [7, 11) is 0. The summed E-state index contributed by atoms with van der Waals surface area (Å²) in [5.74, 6) is -0.0388. The van der Waals surface area contributed by atoms with Crippen molar-refractivity contribution in [2.75, 3.05) is 25.4 Å². The van der Waals surface area contributed by atoms with Gasteiger partial charge in [-0.1, -0.05) is 20.8 Å². The first-order valence-corrected chi connectivity index (χ1v) is 6.26. The van der Waals surface area contributed by atoms with Crippen molar-refractivity contribution < 1.29 is 9.90 Å². The summed E-state index contributed by atoms with van der Waals surface area (Å²) in [6, 6.07) is 0. The fraction of sp³-hybridized carbons (Fsp3) is 0.667. The van der Waals surface area contributed by atoms with Crippen LogP contribution in [0.4, 0.5) is 5.69 Å². The fourth-order valence-corrected chi connectivity index (χ4v) is 1.82. The summed E-state index contributed by atoms with van der Waals surface area (Å²) in [6.45, 7) is 6.77. The smallest absolute Gasteiger partial charge is 0.276 e. The van der Waals surface area contributed by atoms with Crippen molar-refractivity contribution >= 4 is 11.6 Å². The zero-order valence-electron chi connectivity index (χ0n) is 11.2. The van der Waals surface area contributed by atoms with Crippen molar-refractivity contribution in [1.29, 1.82) is 0 Å². The van der Waals surface area contributed by atoms with Gasteiger partial charge in [0.2, 0.25) is 0 Å². The molecule has 0 unspecified atom stereocenters. The summed E-state index contributed by atoms with van der Waals surface area (Å²) in [6.07, 6.45) is 0.826. The van der Waals surface area contributed by atoms with Gasteiger partial charge in [-0.3, -0.25) is 9.89 Å². The van der Waals surface area contributed by atoms with E-state index < -0.39 is 0 Å². The number of carbonyl (C=O) groups excluding carboxylic acids is 1. The van der Waals surface area contributed by atoms with E-state index in [9.17, 15) is 4.79 Å². The van der Waals surface area contributed by atoms with E-state index in [1.807, 2.05) is 20.8 Å². The minimum Gasteiger partial charge on any atom is -0.395 e. The number of hydrogen-bond donors (Lipinski definition) is 3. The Labute approximate surface area is 107 Å². The van der Waals surface area contributed by atoms with Gasteiger partial charge in [-0.15, -0.1) is 0 Å². The second-order valence-corrected chi connectivity index (χ2v) is 4.57. The van der Waals surface area contributed by atoms with Gasteiger partial charge in [0.05, 0.1) is 18.0 Å². The van der Waals surface area contributed by atoms with Crippen LogP contribution >= 0.6 is 0 Å². The highest BCUT2D eigenvalue weighted by molar-refractivity contribution is 5.97. The van der Waals surface area contributed by atoms with Crippen molar-refractivity contribution in [2.24, 2.45) is 0 Å². The summed E-state index contributed by atoms with van der Waals surface area (Å²) in [5.41, 5.74) is 7.37. The molecule has 0 fully saturated rings. The number of H-pyrrole nitrogens is 1. The van der Waals surface area contributed by atoms with Crippen LogP contribution in [0.15, 0.2) is 0 Å². The number of hydrogen-bond acceptors (Lipinski definition) is 4. The largest absolute Gasteiger partial charge is 0.395 e. The van der Waals surface area contributed by atoms with Crippen LogP contribution in [0.2, 0.25) is 0 Å². The maximum Gasteiger partial charge on any atom is 0.276 e. The summed E-state index contributed by atoms with van der Waals surface area (Å²) in [5, 5.41) is 15.8. The van der Waals surface area contributed by atoms with Gasteiger partial charge in [0.25, 0.3) is 5.91 Å². The van der Waals surface area contributed by atoms with Crippen LogP contribution in [-0.2, 0) is 0 Å². The molecule has 1 rings (SSSR count). The third kappa shape index (κ3) is 3.01. The first-order chi connectivity index (χ1) is 8.52. The van der Waals surface area contributed by atoms with Crippen LogP contribution in [0.3, 0.4) is 0 Å². The molecule has 4 N–H and O–H groups in total. The van der Waals surface area contributed by atoms with Crippen LogP contribution in [-0.4, -0.2) is 45.8 Å². The van der Waals surface area contributed by atoms with Gasteiger partial charge in [0, 0.05) is 13.1 Å². The number of nitrogens with one attached hydrogen (secondary N) is 1. The topological polar surface area (TPSA) is 95.2 Å². The van der Waals surface area contributed by atoms with Crippen LogP contribution in [0.25, 0.3) is 0 Å². The van der Waals surface area contributed by atoms with E-state index in [1.165, 1.54) is 0 Å². The van der Waals surface area contributed by atoms with Gasteiger partial charge in [-0.05, 0) is 12.3 Å². The molecular formula is C12H22N4O2. The highest BCUT2D eigenvalue weighted by atomic mass is 16.3. The maximum atomic E-state index is 12.2. The fourth-order valence-electron chi connectivity index (χ4n) is 1.82. The second-order valence-electron chi connectivity index (χ2n) is 4.57. The lowest BCUT2D eigenvalue weighted by atomic mass is 10.1. The molecule has 18 heavy (non-hydrogen) atoms. The molecule has 0 saturated heterocycles. The molecule has 102 valence electrons. The van der Waals surface area contributed by atoms with E-state index in [-0.39, 0.29) is 24.1 Å². The van der Waals surface area contributed by atoms with E-state index >= 15 is 0 Å². The van der Waals surface area contributed by atoms with Gasteiger partial charge in [-0.2, -0.15) is 5.10 Å². The molecule has 6 heteroatoms. The van der Waals surface area contributed by atoms with E-state index in [0.29, 0.717) is 18.8 Å². The summed E-state index contributed by atoms with van der Waals surface area (Å²) in [4.78, 5) is 13.8. The number of nitrogens with two attached hydrogens (primary N) is 1. The summed E-state index contributed by atoms with van der Waals surface area (Å²) >= 11 is 0. The molecule has 0 aliphatic rings. The number of nitrogen functional groups attached to an aromatic ring is 1. The van der Waals surface area contributed by atoms with Gasteiger partial charge >= 0.3 is 0 Å². The quantitative estimate of drug-likeness (QED) is 0.704. The standard InChI is InChI=1S/C12H22N4O2/c1-4-5-16(6-7-17)12(18)11-9(13)10(8(2)3)14-15-11/h8,17H,4-7,13H2,1-3H3,(H,14,15). The number of aromatic nitrogens is 2. The number of nitrogens with zero attached hydrogens (tertiary/aromatic N) is 2. The number of amides is 1. The van der Waals surface area contributed by atoms with Crippen LogP contribution in [0.5, 0.6) is 0 Å². The number of aliphatic hydroxyl groups excluding tert-OH is 1. The number of anilines is 1. The predicted octanol–water partition coefficient (Wildman–Crippen LogP) is 0.960. The van der Waals surface area contributed by atoms with Crippen LogP contribution in [0.1, 0.15) is 49.3 Å². The van der Waals surface area contributed by atoms with E-state index in [2.05, 4.69) is 10.2 Å². The molecule has 1 aromatic heterocycles. The van der Waals surface area contributed by atoms with E-state index in [4.69, 9.17) is 10.8 Å². The van der Waals surface area contributed by atoms with Crippen molar-refractivity contribution in [3.63, 3.8) is 0 Å². The maximum absolute atomic E-state index is 12.2. The van der Waals surface area contributed by atoms with E-state index in [0.717, 1.165) is 12.1 Å². The molecule has 0 spiro atoms. The normalized spacial score (nSPS) is 10.9. The third-order valence-electron chi connectivity index (χ3n) is 2.76. The van der Waals surface area contributed by atoms with Crippen molar-refractivity contribution in [2.45, 2.75) is 33.1 Å². The van der Waals surface area contributed by atoms with Crippen molar-refractivity contribution in [3.05, 3.63) is 11.4 Å². The Morgan fingerprint density at radius 2 is 2.17 bits per heavy atom. The lowest BCUT2D eigenvalue weighted by Crippen LogP contribution is -2.34. The molecule has 0 aliphatic carbocycles. The van der Waals surface area contributed by atoms with E-state index in [1.54, 1.807) is 4.90 Å². The number of aliphatic hydroxyl groups is 1. The molecule has 1 amide bonds. The average Bonchev–Trinajstić information content (AvgIpc) is 2.70. The Kier molecular flexibility index (Phi) is 5.15. The monoisotopic (exact) mass is 254 g/mol. The van der Waals surface area contributed by atoms with Crippen LogP contribution < -0.4 is 5.73 Å². The average molecular weight is 254 g/mol. The third-order valence-corrected chi connectivity index (χ3v) is 2.76. The molecule has 6 nitrogen and oxygen atoms in total. The molecule has 0 bridgehead atoms. The Morgan fingerprint density at radius 1 is 1.50 bits per heavy atom. The first-order valence-electron chi connectivity index (χ1n) is 6.26. The molecule has 0 atom stereocenters. The lowest BCUT2D eigenvalue weighted by molar-refractivity contribution is 0.0717. The minimum absolute atomic E-state index is 0.0624. The molecule has 1 aromatic rings. The van der Waals surface area contributed by atoms with Gasteiger partial charge < -0.3 is 15.7 Å². The first kappa shape index (κ1) is 14.5.